The van der Waals surface area contributed by atoms with E-state index in [0.717, 1.165) is 0 Å². The van der Waals surface area contributed by atoms with Crippen molar-refractivity contribution in [1.82, 2.24) is 9.78 Å². The van der Waals surface area contributed by atoms with E-state index < -0.39 is 12.1 Å². The van der Waals surface area contributed by atoms with Crippen LogP contribution in [0.1, 0.15) is 16.9 Å². The van der Waals surface area contributed by atoms with Crippen molar-refractivity contribution in [2.75, 3.05) is 14.2 Å². The molecule has 0 aliphatic carbocycles. The average molecular weight is 226 g/mol. The Labute approximate surface area is 93.1 Å². The lowest BCUT2D eigenvalue weighted by molar-refractivity contribution is -0.155. The van der Waals surface area contributed by atoms with Crippen LogP contribution in [0.3, 0.4) is 0 Å². The third-order valence-electron chi connectivity index (χ3n) is 2.13. The summed E-state index contributed by atoms with van der Waals surface area (Å²) in [4.78, 5) is 23.2. The summed E-state index contributed by atoms with van der Waals surface area (Å²) in [5, 5.41) is 3.85. The predicted octanol–water partition coefficient (Wildman–Crippen LogP) is 0.181. The van der Waals surface area contributed by atoms with Crippen LogP contribution in [0.4, 0.5) is 0 Å². The number of carbonyl (C=O) groups excluding carboxylic acids is 2. The molecule has 0 amide bonds. The highest BCUT2D eigenvalue weighted by molar-refractivity contribution is 6.07. The first kappa shape index (κ1) is 12.5. The Bertz CT molecular complexity index is 382. The topological polar surface area (TPSA) is 70.4 Å². The van der Waals surface area contributed by atoms with Gasteiger partial charge in [-0.1, -0.05) is 0 Å². The lowest BCUT2D eigenvalue weighted by atomic mass is 10.1. The molecule has 0 bridgehead atoms. The fourth-order valence-corrected chi connectivity index (χ4v) is 1.34. The van der Waals surface area contributed by atoms with Gasteiger partial charge < -0.3 is 9.47 Å². The predicted molar refractivity (Wildman–Crippen MR) is 55.0 cm³/mol. The molecule has 0 spiro atoms. The molecule has 1 aromatic rings. The second-order valence-electron chi connectivity index (χ2n) is 3.21. The van der Waals surface area contributed by atoms with Gasteiger partial charge >= 0.3 is 0 Å². The van der Waals surface area contributed by atoms with E-state index in [1.807, 2.05) is 0 Å². The Morgan fingerprint density at radius 2 is 2.06 bits per heavy atom. The van der Waals surface area contributed by atoms with Crippen molar-refractivity contribution in [2.45, 2.75) is 12.7 Å². The summed E-state index contributed by atoms with van der Waals surface area (Å²) in [6, 6.07) is 1.56. The molecular formula is C10H14N2O4. The van der Waals surface area contributed by atoms with Crippen LogP contribution in [0, 0.1) is 0 Å². The maximum Gasteiger partial charge on any atom is 0.217 e. The largest absolute Gasteiger partial charge is 0.349 e. The van der Waals surface area contributed by atoms with Crippen molar-refractivity contribution >= 4 is 11.6 Å². The molecule has 6 heteroatoms. The van der Waals surface area contributed by atoms with E-state index in [4.69, 9.17) is 9.47 Å². The fraction of sp³-hybridized carbons (Fsp3) is 0.500. The highest BCUT2D eigenvalue weighted by Crippen LogP contribution is 2.05. The molecule has 16 heavy (non-hydrogen) atoms. The van der Waals surface area contributed by atoms with E-state index in [1.165, 1.54) is 25.1 Å². The van der Waals surface area contributed by atoms with Gasteiger partial charge in [-0.15, -0.1) is 0 Å². The maximum atomic E-state index is 11.7. The second kappa shape index (κ2) is 5.53. The van der Waals surface area contributed by atoms with Gasteiger partial charge in [0.05, 0.1) is 6.42 Å². The van der Waals surface area contributed by atoms with Crippen molar-refractivity contribution in [3.05, 3.63) is 18.0 Å². The highest BCUT2D eigenvalue weighted by Gasteiger charge is 2.22. The minimum absolute atomic E-state index is 0.258. The van der Waals surface area contributed by atoms with Gasteiger partial charge in [0, 0.05) is 27.5 Å². The number of ether oxygens (including phenoxy) is 2. The van der Waals surface area contributed by atoms with E-state index in [2.05, 4.69) is 5.10 Å². The summed E-state index contributed by atoms with van der Waals surface area (Å²) in [6.07, 6.45) is 0.255. The maximum absolute atomic E-state index is 11.7. The van der Waals surface area contributed by atoms with Crippen LogP contribution in [0.2, 0.25) is 0 Å². The smallest absolute Gasteiger partial charge is 0.217 e. The van der Waals surface area contributed by atoms with Gasteiger partial charge in [0.15, 0.2) is 11.6 Å². The number of rotatable bonds is 6. The van der Waals surface area contributed by atoms with Crippen molar-refractivity contribution in [2.24, 2.45) is 7.05 Å². The van der Waals surface area contributed by atoms with Crippen LogP contribution in [0.5, 0.6) is 0 Å². The van der Waals surface area contributed by atoms with Gasteiger partial charge in [-0.25, -0.2) is 0 Å². The Balaban J connectivity index is 2.65. The number of aromatic nitrogens is 2. The van der Waals surface area contributed by atoms with Crippen molar-refractivity contribution in [3.8, 4) is 0 Å². The summed E-state index contributed by atoms with van der Waals surface area (Å²) >= 11 is 0. The quantitative estimate of drug-likeness (QED) is 0.393. The normalized spacial score (nSPS) is 10.8. The zero-order valence-corrected chi connectivity index (χ0v) is 9.47. The molecule has 0 unspecified atom stereocenters. The third-order valence-corrected chi connectivity index (χ3v) is 2.13. The Hall–Kier alpha value is -1.53. The van der Waals surface area contributed by atoms with E-state index in [1.54, 1.807) is 13.1 Å². The second-order valence-corrected chi connectivity index (χ2v) is 3.21. The van der Waals surface area contributed by atoms with E-state index in [9.17, 15) is 9.59 Å². The molecule has 1 aromatic heterocycles. The monoisotopic (exact) mass is 226 g/mol. The molecule has 0 radical (unpaired) electrons. The van der Waals surface area contributed by atoms with Gasteiger partial charge in [0.1, 0.15) is 5.69 Å². The van der Waals surface area contributed by atoms with Crippen LogP contribution in [0.25, 0.3) is 0 Å². The first-order chi connectivity index (χ1) is 7.60. The molecular weight excluding hydrogens is 212 g/mol. The number of nitrogens with zero attached hydrogens (tertiary/aromatic N) is 2. The minimum atomic E-state index is -0.989. The standard InChI is InChI=1S/C10H14N2O4/c1-12-7(4-5-11-12)8(13)6-9(14)10(15-2)16-3/h4-5,10H,6H2,1-3H3. The number of aryl methyl sites for hydroxylation is 1. The summed E-state index contributed by atoms with van der Waals surface area (Å²) in [5.74, 6) is -0.708. The SMILES string of the molecule is COC(OC)C(=O)CC(=O)c1ccnn1C. The molecule has 6 nitrogen and oxygen atoms in total. The van der Waals surface area contributed by atoms with Gasteiger partial charge in [-0.2, -0.15) is 5.10 Å². The highest BCUT2D eigenvalue weighted by atomic mass is 16.7. The average Bonchev–Trinajstić information content (AvgIpc) is 2.66. The molecule has 0 N–H and O–H groups in total. The van der Waals surface area contributed by atoms with Crippen molar-refractivity contribution < 1.29 is 19.1 Å². The van der Waals surface area contributed by atoms with Crippen LogP contribution in [-0.4, -0.2) is 41.9 Å². The first-order valence-corrected chi connectivity index (χ1v) is 4.69. The van der Waals surface area contributed by atoms with Crippen molar-refractivity contribution in [1.29, 1.82) is 0 Å². The van der Waals surface area contributed by atoms with Crippen LogP contribution in [-0.2, 0) is 21.3 Å². The van der Waals surface area contributed by atoms with Gasteiger partial charge in [-0.3, -0.25) is 14.3 Å². The number of Topliss-reactive ketones (excluding diaryl/α,β-unsaturated/α-hetero) is 2. The van der Waals surface area contributed by atoms with Crippen LogP contribution >= 0.6 is 0 Å². The van der Waals surface area contributed by atoms with Crippen LogP contribution < -0.4 is 0 Å². The Morgan fingerprint density at radius 3 is 2.50 bits per heavy atom. The van der Waals surface area contributed by atoms with E-state index in [0.29, 0.717) is 5.69 Å². The summed E-state index contributed by atoms with van der Waals surface area (Å²) in [6.45, 7) is 0. The van der Waals surface area contributed by atoms with Gasteiger partial charge in [0.25, 0.3) is 0 Å². The lowest BCUT2D eigenvalue weighted by Crippen LogP contribution is -2.27. The fourth-order valence-electron chi connectivity index (χ4n) is 1.34. The number of hydrogen-bond donors (Lipinski definition) is 0. The molecule has 0 saturated carbocycles. The lowest BCUT2D eigenvalue weighted by Gasteiger charge is -2.11. The number of methoxy groups -OCH3 is 2. The van der Waals surface area contributed by atoms with E-state index in [-0.39, 0.29) is 12.2 Å². The molecule has 0 fully saturated rings. The summed E-state index contributed by atoms with van der Waals surface area (Å²) < 4.78 is 10.9. The van der Waals surface area contributed by atoms with Gasteiger partial charge in [-0.05, 0) is 6.07 Å². The number of carbonyl (C=O) groups is 2. The van der Waals surface area contributed by atoms with Crippen LogP contribution in [0.15, 0.2) is 12.3 Å². The summed E-state index contributed by atoms with van der Waals surface area (Å²) in [7, 11) is 4.34. The molecule has 0 aromatic carbocycles. The molecule has 0 aliphatic heterocycles. The Kier molecular flexibility index (Phi) is 4.33. The minimum Gasteiger partial charge on any atom is -0.349 e. The zero-order chi connectivity index (χ0) is 12.1. The summed E-state index contributed by atoms with van der Waals surface area (Å²) in [5.41, 5.74) is 0.388. The molecule has 0 saturated heterocycles. The molecule has 88 valence electrons. The third kappa shape index (κ3) is 2.74. The van der Waals surface area contributed by atoms with Gasteiger partial charge in [0.2, 0.25) is 6.29 Å². The van der Waals surface area contributed by atoms with Crippen molar-refractivity contribution in [3.63, 3.8) is 0 Å². The molecule has 1 rings (SSSR count). The first-order valence-electron chi connectivity index (χ1n) is 4.69. The molecule has 0 atom stereocenters. The molecule has 0 aliphatic rings. The van der Waals surface area contributed by atoms with E-state index >= 15 is 0 Å². The molecule has 1 heterocycles. The zero-order valence-electron chi connectivity index (χ0n) is 9.47. The number of hydrogen-bond acceptors (Lipinski definition) is 5. The Morgan fingerprint density at radius 1 is 1.44 bits per heavy atom. The number of ketones is 2.